The first-order chi connectivity index (χ1) is 9.83. The first-order valence-corrected chi connectivity index (χ1v) is 8.60. The Hall–Kier alpha value is -0.910. The van der Waals surface area contributed by atoms with E-state index in [-0.39, 0.29) is 0 Å². The summed E-state index contributed by atoms with van der Waals surface area (Å²) in [4.78, 5) is 7.91. The summed E-state index contributed by atoms with van der Waals surface area (Å²) in [5.41, 5.74) is 1.29. The van der Waals surface area contributed by atoms with Crippen LogP contribution in [0.25, 0.3) is 0 Å². The van der Waals surface area contributed by atoms with Crippen LogP contribution >= 0.6 is 27.3 Å². The summed E-state index contributed by atoms with van der Waals surface area (Å²) in [6, 6.07) is 6.93. The fourth-order valence-corrected chi connectivity index (χ4v) is 4.03. The zero-order valence-corrected chi connectivity index (χ0v) is 13.7. The molecule has 1 aliphatic heterocycles. The number of nitrogens with zero attached hydrogens (tertiary/aromatic N) is 2. The summed E-state index contributed by atoms with van der Waals surface area (Å²) in [5.74, 6) is 0. The van der Waals surface area contributed by atoms with Gasteiger partial charge < -0.3 is 10.2 Å². The van der Waals surface area contributed by atoms with E-state index in [4.69, 9.17) is 0 Å². The van der Waals surface area contributed by atoms with E-state index in [1.165, 1.54) is 27.9 Å². The average Bonchev–Trinajstić information content (AvgIpc) is 2.92. The zero-order valence-electron chi connectivity index (χ0n) is 11.3. The number of pyridine rings is 1. The normalized spacial score (nSPS) is 16.6. The summed E-state index contributed by atoms with van der Waals surface area (Å²) in [6.07, 6.45) is 6.14. The highest BCUT2D eigenvalue weighted by molar-refractivity contribution is 9.10. The van der Waals surface area contributed by atoms with Crippen molar-refractivity contribution >= 4 is 33.0 Å². The van der Waals surface area contributed by atoms with Crippen LogP contribution in [-0.4, -0.2) is 24.1 Å². The quantitative estimate of drug-likeness (QED) is 0.910. The Morgan fingerprint density at radius 3 is 2.65 bits per heavy atom. The van der Waals surface area contributed by atoms with E-state index in [1.54, 1.807) is 0 Å². The van der Waals surface area contributed by atoms with Crippen molar-refractivity contribution in [1.82, 2.24) is 10.3 Å². The van der Waals surface area contributed by atoms with Crippen LogP contribution in [0.4, 0.5) is 5.69 Å². The number of nitrogens with one attached hydrogen (secondary N) is 1. The Kier molecular flexibility index (Phi) is 4.70. The molecule has 5 heteroatoms. The van der Waals surface area contributed by atoms with Gasteiger partial charge in [-0.2, -0.15) is 0 Å². The van der Waals surface area contributed by atoms with Crippen molar-refractivity contribution < 1.29 is 0 Å². The second-order valence-corrected chi connectivity index (χ2v) is 6.89. The van der Waals surface area contributed by atoms with Gasteiger partial charge in [-0.05, 0) is 52.4 Å². The van der Waals surface area contributed by atoms with Gasteiger partial charge in [-0.1, -0.05) is 0 Å². The van der Waals surface area contributed by atoms with Crippen molar-refractivity contribution in [3.8, 4) is 0 Å². The van der Waals surface area contributed by atoms with E-state index in [2.05, 4.69) is 54.7 Å². The monoisotopic (exact) mass is 351 g/mol. The van der Waals surface area contributed by atoms with Crippen LogP contribution in [0.1, 0.15) is 17.7 Å². The average molecular weight is 352 g/mol. The minimum Gasteiger partial charge on any atom is -0.371 e. The number of thiophene rings is 1. The topological polar surface area (TPSA) is 28.2 Å². The lowest BCUT2D eigenvalue weighted by Crippen LogP contribution is -2.42. The van der Waals surface area contributed by atoms with Gasteiger partial charge in [0.05, 0.1) is 0 Å². The smallest absolute Gasteiger partial charge is 0.0397 e. The van der Waals surface area contributed by atoms with Gasteiger partial charge in [0.15, 0.2) is 0 Å². The molecule has 20 heavy (non-hydrogen) atoms. The van der Waals surface area contributed by atoms with E-state index in [9.17, 15) is 0 Å². The summed E-state index contributed by atoms with van der Waals surface area (Å²) >= 11 is 5.40. The molecule has 3 heterocycles. The van der Waals surface area contributed by atoms with Gasteiger partial charge in [-0.15, -0.1) is 11.3 Å². The highest BCUT2D eigenvalue weighted by atomic mass is 79.9. The van der Waals surface area contributed by atoms with Gasteiger partial charge >= 0.3 is 0 Å². The maximum Gasteiger partial charge on any atom is 0.0397 e. The number of aromatic nitrogens is 1. The summed E-state index contributed by atoms with van der Waals surface area (Å²) < 4.78 is 1.23. The molecule has 106 valence electrons. The van der Waals surface area contributed by atoms with Gasteiger partial charge in [-0.3, -0.25) is 4.98 Å². The highest BCUT2D eigenvalue weighted by Crippen LogP contribution is 2.23. The Balaban J connectivity index is 1.48. The molecule has 1 fully saturated rings. The lowest BCUT2D eigenvalue weighted by atomic mass is 10.0. The Bertz CT molecular complexity index is 535. The Morgan fingerprint density at radius 2 is 2.00 bits per heavy atom. The number of rotatable bonds is 4. The van der Waals surface area contributed by atoms with Crippen LogP contribution in [0, 0.1) is 0 Å². The maximum absolute atomic E-state index is 4.08. The zero-order chi connectivity index (χ0) is 13.8. The fourth-order valence-electron chi connectivity index (χ4n) is 2.58. The van der Waals surface area contributed by atoms with E-state index in [0.717, 1.165) is 19.6 Å². The molecular weight excluding hydrogens is 334 g/mol. The molecule has 2 aromatic rings. The highest BCUT2D eigenvalue weighted by Gasteiger charge is 2.19. The summed E-state index contributed by atoms with van der Waals surface area (Å²) in [5, 5.41) is 5.81. The molecule has 1 aliphatic rings. The molecule has 0 saturated carbocycles. The lowest BCUT2D eigenvalue weighted by Gasteiger charge is -2.34. The number of piperidine rings is 1. The molecule has 0 bridgehead atoms. The van der Waals surface area contributed by atoms with Gasteiger partial charge in [0.25, 0.3) is 0 Å². The number of hydrogen-bond acceptors (Lipinski definition) is 4. The molecule has 3 nitrogen and oxygen atoms in total. The van der Waals surface area contributed by atoms with Crippen LogP contribution in [0.2, 0.25) is 0 Å². The molecule has 0 atom stereocenters. The van der Waals surface area contributed by atoms with Crippen LogP contribution < -0.4 is 10.2 Å². The van der Waals surface area contributed by atoms with Gasteiger partial charge in [-0.25, -0.2) is 0 Å². The molecule has 2 aromatic heterocycles. The second kappa shape index (κ2) is 6.70. The van der Waals surface area contributed by atoms with Crippen molar-refractivity contribution in [2.24, 2.45) is 0 Å². The third-order valence-electron chi connectivity index (χ3n) is 3.77. The van der Waals surface area contributed by atoms with Crippen LogP contribution in [0.3, 0.4) is 0 Å². The first-order valence-electron chi connectivity index (χ1n) is 6.93. The predicted molar refractivity (Wildman–Crippen MR) is 88.3 cm³/mol. The summed E-state index contributed by atoms with van der Waals surface area (Å²) in [6.45, 7) is 3.21. The Morgan fingerprint density at radius 1 is 1.25 bits per heavy atom. The van der Waals surface area contributed by atoms with E-state index in [1.807, 2.05) is 23.7 Å². The molecule has 0 amide bonds. The third-order valence-corrected chi connectivity index (χ3v) is 5.69. The fraction of sp³-hybridized carbons (Fsp3) is 0.400. The van der Waals surface area contributed by atoms with Crippen molar-refractivity contribution in [3.63, 3.8) is 0 Å². The largest absolute Gasteiger partial charge is 0.371 e. The van der Waals surface area contributed by atoms with E-state index in [0.29, 0.717) is 6.04 Å². The second-order valence-electron chi connectivity index (χ2n) is 5.04. The number of halogens is 1. The molecule has 1 saturated heterocycles. The van der Waals surface area contributed by atoms with E-state index < -0.39 is 0 Å². The van der Waals surface area contributed by atoms with Crippen molar-refractivity contribution in [1.29, 1.82) is 0 Å². The van der Waals surface area contributed by atoms with E-state index >= 15 is 0 Å². The van der Waals surface area contributed by atoms with Crippen molar-refractivity contribution in [2.75, 3.05) is 18.0 Å². The lowest BCUT2D eigenvalue weighted by molar-refractivity contribution is 0.415. The number of hydrogen-bond donors (Lipinski definition) is 1. The van der Waals surface area contributed by atoms with Gasteiger partial charge in [0.1, 0.15) is 0 Å². The van der Waals surface area contributed by atoms with Crippen molar-refractivity contribution in [3.05, 3.63) is 45.3 Å². The Labute approximate surface area is 132 Å². The minimum atomic E-state index is 0.627. The molecule has 0 spiro atoms. The molecule has 3 rings (SSSR count). The van der Waals surface area contributed by atoms with Crippen molar-refractivity contribution in [2.45, 2.75) is 25.4 Å². The van der Waals surface area contributed by atoms with Gasteiger partial charge in [0, 0.05) is 53.1 Å². The molecule has 0 aliphatic carbocycles. The number of anilines is 1. The minimum absolute atomic E-state index is 0.627. The van der Waals surface area contributed by atoms with Crippen LogP contribution in [0.15, 0.2) is 40.4 Å². The predicted octanol–water partition coefficient (Wildman–Crippen LogP) is 3.66. The third kappa shape index (κ3) is 3.40. The van der Waals surface area contributed by atoms with Crippen LogP contribution in [-0.2, 0) is 6.54 Å². The van der Waals surface area contributed by atoms with Gasteiger partial charge in [0.2, 0.25) is 0 Å². The summed E-state index contributed by atoms with van der Waals surface area (Å²) in [7, 11) is 0. The SMILES string of the molecule is Brc1ccsc1CNC1CCN(c2ccncc2)CC1. The molecule has 1 N–H and O–H groups in total. The molecule has 0 radical (unpaired) electrons. The standard InChI is InChI=1S/C15H18BrN3S/c16-14-5-10-20-15(14)11-18-12-3-8-19(9-4-12)13-1-6-17-7-2-13/h1-2,5-7,10,12,18H,3-4,8-9,11H2. The molecule has 0 aromatic carbocycles. The molecule has 0 unspecified atom stereocenters. The maximum atomic E-state index is 4.08. The molecular formula is C15H18BrN3S. The van der Waals surface area contributed by atoms with Crippen LogP contribution in [0.5, 0.6) is 0 Å². The first kappa shape index (κ1) is 14.0.